The number of hydrogen-bond donors (Lipinski definition) is 1. The topological polar surface area (TPSA) is 57.6 Å². The molecule has 0 spiro atoms. The molecule has 0 bridgehead atoms. The van der Waals surface area contributed by atoms with Gasteiger partial charge in [0.2, 0.25) is 0 Å². The summed E-state index contributed by atoms with van der Waals surface area (Å²) < 4.78 is 0. The number of nitrogens with zero attached hydrogens (tertiary/aromatic N) is 1. The van der Waals surface area contributed by atoms with Crippen molar-refractivity contribution in [3.05, 3.63) is 34.3 Å². The lowest BCUT2D eigenvalue weighted by Gasteiger charge is -2.19. The number of carbonyl (C=O) groups is 2. The van der Waals surface area contributed by atoms with Gasteiger partial charge < -0.3 is 10.0 Å². The lowest BCUT2D eigenvalue weighted by atomic mass is 10.1. The zero-order chi connectivity index (χ0) is 13.9. The fraction of sp³-hybridized carbons (Fsp3) is 0.385. The van der Waals surface area contributed by atoms with Gasteiger partial charge >= 0.3 is 5.97 Å². The van der Waals surface area contributed by atoms with Crippen molar-refractivity contribution in [3.63, 3.8) is 0 Å². The third-order valence-corrected chi connectivity index (χ3v) is 3.14. The van der Waals surface area contributed by atoms with Crippen molar-refractivity contribution >= 4 is 23.5 Å². The normalized spacial score (nSPS) is 12.0. The number of carboxylic acids is 1. The van der Waals surface area contributed by atoms with Gasteiger partial charge in [0.25, 0.3) is 5.91 Å². The van der Waals surface area contributed by atoms with E-state index >= 15 is 0 Å². The highest BCUT2D eigenvalue weighted by Crippen LogP contribution is 2.17. The summed E-state index contributed by atoms with van der Waals surface area (Å²) in [5, 5.41) is 9.41. The maximum absolute atomic E-state index is 12.1. The summed E-state index contributed by atoms with van der Waals surface area (Å²) in [6.45, 7) is 3.56. The van der Waals surface area contributed by atoms with Gasteiger partial charge in [0.05, 0.1) is 5.92 Å². The van der Waals surface area contributed by atoms with Crippen molar-refractivity contribution in [2.24, 2.45) is 5.92 Å². The van der Waals surface area contributed by atoms with E-state index in [1.165, 1.54) is 4.90 Å². The summed E-state index contributed by atoms with van der Waals surface area (Å²) in [5.74, 6) is -1.71. The number of amides is 1. The standard InChI is InChI=1S/C13H16ClNO3/c1-8-6-10(4-5-11(8)14)12(16)15(3)7-9(2)13(17)18/h4-6,9H,7H2,1-3H3,(H,17,18)/t9-/m1/s1. The first kappa shape index (κ1) is 14.5. The minimum absolute atomic E-state index is 0.176. The number of carbonyl (C=O) groups excluding carboxylic acids is 1. The van der Waals surface area contributed by atoms with Crippen LogP contribution in [-0.4, -0.2) is 35.5 Å². The van der Waals surface area contributed by atoms with Crippen LogP contribution in [0.15, 0.2) is 18.2 Å². The van der Waals surface area contributed by atoms with Crippen molar-refractivity contribution in [2.75, 3.05) is 13.6 Å². The van der Waals surface area contributed by atoms with Gasteiger partial charge in [-0.3, -0.25) is 9.59 Å². The first-order valence-electron chi connectivity index (χ1n) is 5.57. The van der Waals surface area contributed by atoms with Gasteiger partial charge in [0, 0.05) is 24.2 Å². The Morgan fingerprint density at radius 2 is 2.06 bits per heavy atom. The van der Waals surface area contributed by atoms with E-state index in [2.05, 4.69) is 0 Å². The maximum atomic E-state index is 12.1. The molecule has 0 heterocycles. The summed E-state index contributed by atoms with van der Waals surface area (Å²) in [6.07, 6.45) is 0. The molecule has 0 aliphatic rings. The molecule has 5 heteroatoms. The zero-order valence-corrected chi connectivity index (χ0v) is 11.4. The molecule has 1 atom stereocenters. The second-order valence-corrected chi connectivity index (χ2v) is 4.80. The van der Waals surface area contributed by atoms with E-state index in [-0.39, 0.29) is 12.5 Å². The van der Waals surface area contributed by atoms with Crippen LogP contribution < -0.4 is 0 Å². The molecule has 0 unspecified atom stereocenters. The van der Waals surface area contributed by atoms with E-state index in [9.17, 15) is 9.59 Å². The van der Waals surface area contributed by atoms with Gasteiger partial charge in [-0.2, -0.15) is 0 Å². The Balaban J connectivity index is 2.80. The number of carboxylic acid groups (broad SMARTS) is 1. The van der Waals surface area contributed by atoms with E-state index in [0.29, 0.717) is 10.6 Å². The maximum Gasteiger partial charge on any atom is 0.308 e. The highest BCUT2D eigenvalue weighted by Gasteiger charge is 2.18. The van der Waals surface area contributed by atoms with Crippen LogP contribution in [0.1, 0.15) is 22.8 Å². The molecule has 0 aliphatic heterocycles. The van der Waals surface area contributed by atoms with E-state index in [4.69, 9.17) is 16.7 Å². The number of rotatable bonds is 4. The van der Waals surface area contributed by atoms with Crippen LogP contribution in [0.25, 0.3) is 0 Å². The third-order valence-electron chi connectivity index (χ3n) is 2.72. The highest BCUT2D eigenvalue weighted by molar-refractivity contribution is 6.31. The van der Waals surface area contributed by atoms with Gasteiger partial charge in [0.15, 0.2) is 0 Å². The van der Waals surface area contributed by atoms with Gasteiger partial charge in [0.1, 0.15) is 0 Å². The van der Waals surface area contributed by atoms with Crippen LogP contribution in [0, 0.1) is 12.8 Å². The second kappa shape index (κ2) is 5.87. The first-order valence-corrected chi connectivity index (χ1v) is 5.95. The van der Waals surface area contributed by atoms with Crippen LogP contribution in [0.5, 0.6) is 0 Å². The molecule has 0 saturated heterocycles. The lowest BCUT2D eigenvalue weighted by Crippen LogP contribution is -2.33. The van der Waals surface area contributed by atoms with Crippen molar-refractivity contribution in [3.8, 4) is 0 Å². The molecule has 0 aromatic heterocycles. The molecule has 1 aromatic carbocycles. The Labute approximate surface area is 111 Å². The minimum atomic E-state index is -0.915. The van der Waals surface area contributed by atoms with Crippen LogP contribution >= 0.6 is 11.6 Å². The van der Waals surface area contributed by atoms with E-state index in [1.54, 1.807) is 32.2 Å². The molecule has 4 nitrogen and oxygen atoms in total. The first-order chi connectivity index (χ1) is 8.32. The molecule has 18 heavy (non-hydrogen) atoms. The number of halogens is 1. The fourth-order valence-corrected chi connectivity index (χ4v) is 1.69. The summed E-state index contributed by atoms with van der Waals surface area (Å²) in [4.78, 5) is 24.2. The highest BCUT2D eigenvalue weighted by atomic mass is 35.5. The van der Waals surface area contributed by atoms with Gasteiger partial charge in [-0.25, -0.2) is 0 Å². The van der Waals surface area contributed by atoms with E-state index in [1.807, 2.05) is 6.92 Å². The summed E-state index contributed by atoms with van der Waals surface area (Å²) >= 11 is 5.89. The van der Waals surface area contributed by atoms with Crippen LogP contribution in [-0.2, 0) is 4.79 Å². The third kappa shape index (κ3) is 3.47. The largest absolute Gasteiger partial charge is 0.481 e. The Kier molecular flexibility index (Phi) is 4.73. The SMILES string of the molecule is Cc1cc(C(=O)N(C)C[C@@H](C)C(=O)O)ccc1Cl. The molecule has 0 fully saturated rings. The molecule has 0 saturated carbocycles. The predicted molar refractivity (Wildman–Crippen MR) is 69.9 cm³/mol. The summed E-state index contributed by atoms with van der Waals surface area (Å²) in [7, 11) is 1.59. The van der Waals surface area contributed by atoms with Gasteiger partial charge in [-0.05, 0) is 30.7 Å². The summed E-state index contributed by atoms with van der Waals surface area (Å²) in [5.41, 5.74) is 1.33. The number of aliphatic carboxylic acids is 1. The molecule has 0 aliphatic carbocycles. The molecular weight excluding hydrogens is 254 g/mol. The molecule has 1 rings (SSSR count). The van der Waals surface area contributed by atoms with Crippen LogP contribution in [0.3, 0.4) is 0 Å². The predicted octanol–water partition coefficient (Wildman–Crippen LogP) is 2.44. The van der Waals surface area contributed by atoms with Crippen molar-refractivity contribution in [1.29, 1.82) is 0 Å². The number of hydrogen-bond acceptors (Lipinski definition) is 2. The molecule has 98 valence electrons. The Morgan fingerprint density at radius 1 is 1.44 bits per heavy atom. The Hall–Kier alpha value is -1.55. The fourth-order valence-electron chi connectivity index (χ4n) is 1.57. The number of benzene rings is 1. The quantitative estimate of drug-likeness (QED) is 0.913. The molecule has 1 N–H and O–H groups in total. The average Bonchev–Trinajstić information content (AvgIpc) is 2.31. The van der Waals surface area contributed by atoms with Crippen molar-refractivity contribution < 1.29 is 14.7 Å². The molecular formula is C13H16ClNO3. The molecule has 1 aromatic rings. The average molecular weight is 270 g/mol. The van der Waals surface area contributed by atoms with Crippen molar-refractivity contribution in [2.45, 2.75) is 13.8 Å². The smallest absolute Gasteiger partial charge is 0.308 e. The van der Waals surface area contributed by atoms with Crippen molar-refractivity contribution in [1.82, 2.24) is 4.90 Å². The second-order valence-electron chi connectivity index (χ2n) is 4.39. The summed E-state index contributed by atoms with van der Waals surface area (Å²) in [6, 6.07) is 5.00. The van der Waals surface area contributed by atoms with Gasteiger partial charge in [-0.1, -0.05) is 18.5 Å². The monoisotopic (exact) mass is 269 g/mol. The number of aryl methyl sites for hydroxylation is 1. The van der Waals surface area contributed by atoms with E-state index < -0.39 is 11.9 Å². The van der Waals surface area contributed by atoms with Gasteiger partial charge in [-0.15, -0.1) is 0 Å². The minimum Gasteiger partial charge on any atom is -0.481 e. The van der Waals surface area contributed by atoms with Crippen LogP contribution in [0.4, 0.5) is 0 Å². The lowest BCUT2D eigenvalue weighted by molar-refractivity contribution is -0.141. The zero-order valence-electron chi connectivity index (χ0n) is 10.6. The van der Waals surface area contributed by atoms with E-state index in [0.717, 1.165) is 5.56 Å². The Morgan fingerprint density at radius 3 is 2.56 bits per heavy atom. The van der Waals surface area contributed by atoms with Crippen LogP contribution in [0.2, 0.25) is 5.02 Å². The molecule has 1 amide bonds. The molecule has 0 radical (unpaired) electrons. The Bertz CT molecular complexity index is 473.